The van der Waals surface area contributed by atoms with E-state index in [0.29, 0.717) is 6.54 Å². The van der Waals surface area contributed by atoms with Crippen molar-refractivity contribution in [3.8, 4) is 0 Å². The van der Waals surface area contributed by atoms with E-state index in [9.17, 15) is 13.2 Å². The molecule has 2 nitrogen and oxygen atoms in total. The standard InChI is InChI=1S/C15H19F3N2/c1-2-13(19)12-5-3-4-6-14(12)20-9-7-11(8-10-20)15(16,17)18/h3-7,13H,2,8-10,19H2,1H3. The molecule has 1 aromatic rings. The van der Waals surface area contributed by atoms with Gasteiger partial charge < -0.3 is 10.6 Å². The summed E-state index contributed by atoms with van der Waals surface area (Å²) in [6.45, 7) is 2.65. The first-order valence-electron chi connectivity index (χ1n) is 6.79. The Morgan fingerprint density at radius 2 is 2.00 bits per heavy atom. The molecule has 1 atom stereocenters. The molecule has 0 fully saturated rings. The van der Waals surface area contributed by atoms with Crippen LogP contribution >= 0.6 is 0 Å². The van der Waals surface area contributed by atoms with Gasteiger partial charge in [-0.3, -0.25) is 0 Å². The van der Waals surface area contributed by atoms with Crippen LogP contribution in [0.15, 0.2) is 35.9 Å². The lowest BCUT2D eigenvalue weighted by Crippen LogP contribution is -2.33. The fourth-order valence-electron chi connectivity index (χ4n) is 2.45. The van der Waals surface area contributed by atoms with Gasteiger partial charge in [-0.25, -0.2) is 0 Å². The van der Waals surface area contributed by atoms with Crippen LogP contribution in [0.3, 0.4) is 0 Å². The van der Waals surface area contributed by atoms with Crippen molar-refractivity contribution in [2.75, 3.05) is 18.0 Å². The third-order valence-corrected chi connectivity index (χ3v) is 3.69. The second-order valence-electron chi connectivity index (χ2n) is 5.00. The van der Waals surface area contributed by atoms with Crippen molar-refractivity contribution in [3.05, 3.63) is 41.5 Å². The lowest BCUT2D eigenvalue weighted by molar-refractivity contribution is -0.0943. The van der Waals surface area contributed by atoms with E-state index in [4.69, 9.17) is 5.73 Å². The lowest BCUT2D eigenvalue weighted by atomic mass is 10.0. The van der Waals surface area contributed by atoms with Crippen LogP contribution in [0.5, 0.6) is 0 Å². The highest BCUT2D eigenvalue weighted by Gasteiger charge is 2.35. The Hall–Kier alpha value is -1.49. The zero-order valence-corrected chi connectivity index (χ0v) is 11.5. The van der Waals surface area contributed by atoms with Gasteiger partial charge in [-0.15, -0.1) is 0 Å². The van der Waals surface area contributed by atoms with Crippen LogP contribution in [0.25, 0.3) is 0 Å². The number of para-hydroxylation sites is 1. The first-order chi connectivity index (χ1) is 9.43. The molecular formula is C15H19F3N2. The number of anilines is 1. The van der Waals surface area contributed by atoms with Crippen LogP contribution in [-0.4, -0.2) is 19.3 Å². The average Bonchev–Trinajstić information content (AvgIpc) is 2.45. The van der Waals surface area contributed by atoms with Crippen LogP contribution in [-0.2, 0) is 0 Å². The molecule has 1 aliphatic heterocycles. The molecule has 2 rings (SSSR count). The number of nitrogens with zero attached hydrogens (tertiary/aromatic N) is 1. The summed E-state index contributed by atoms with van der Waals surface area (Å²) in [7, 11) is 0. The van der Waals surface area contributed by atoms with Crippen molar-refractivity contribution in [3.63, 3.8) is 0 Å². The number of hydrogen-bond acceptors (Lipinski definition) is 2. The van der Waals surface area contributed by atoms with Gasteiger partial charge in [0.05, 0.1) is 0 Å². The fraction of sp³-hybridized carbons (Fsp3) is 0.467. The van der Waals surface area contributed by atoms with Gasteiger partial charge in [-0.05, 0) is 24.5 Å². The molecule has 0 spiro atoms. The molecular weight excluding hydrogens is 265 g/mol. The molecule has 1 aromatic carbocycles. The van der Waals surface area contributed by atoms with Crippen molar-refractivity contribution < 1.29 is 13.2 Å². The van der Waals surface area contributed by atoms with Gasteiger partial charge in [0.15, 0.2) is 0 Å². The minimum atomic E-state index is -4.20. The zero-order chi connectivity index (χ0) is 14.8. The van der Waals surface area contributed by atoms with Crippen LogP contribution in [0, 0.1) is 0 Å². The summed E-state index contributed by atoms with van der Waals surface area (Å²) in [5, 5.41) is 0. The van der Waals surface area contributed by atoms with Crippen molar-refractivity contribution in [1.82, 2.24) is 0 Å². The van der Waals surface area contributed by atoms with Gasteiger partial charge in [0.25, 0.3) is 0 Å². The van der Waals surface area contributed by atoms with E-state index in [1.165, 1.54) is 6.08 Å². The second kappa shape index (κ2) is 5.87. The molecule has 1 aliphatic rings. The predicted molar refractivity (Wildman–Crippen MR) is 74.6 cm³/mol. The number of hydrogen-bond donors (Lipinski definition) is 1. The molecule has 1 unspecified atom stereocenters. The van der Waals surface area contributed by atoms with E-state index in [1.807, 2.05) is 36.1 Å². The predicted octanol–water partition coefficient (Wildman–Crippen LogP) is 3.80. The molecule has 0 radical (unpaired) electrons. The molecule has 2 N–H and O–H groups in total. The number of halogens is 3. The van der Waals surface area contributed by atoms with Gasteiger partial charge in [0.2, 0.25) is 0 Å². The first-order valence-corrected chi connectivity index (χ1v) is 6.79. The molecule has 0 amide bonds. The van der Waals surface area contributed by atoms with Crippen molar-refractivity contribution in [1.29, 1.82) is 0 Å². The minimum Gasteiger partial charge on any atom is -0.367 e. The maximum atomic E-state index is 12.6. The molecule has 0 saturated heterocycles. The Bertz CT molecular complexity index is 494. The lowest BCUT2D eigenvalue weighted by Gasteiger charge is -2.31. The van der Waals surface area contributed by atoms with E-state index >= 15 is 0 Å². The highest BCUT2D eigenvalue weighted by atomic mass is 19.4. The van der Waals surface area contributed by atoms with Crippen molar-refractivity contribution >= 4 is 5.69 Å². The molecule has 1 heterocycles. The number of nitrogens with two attached hydrogens (primary N) is 1. The Morgan fingerprint density at radius 3 is 2.55 bits per heavy atom. The van der Waals surface area contributed by atoms with E-state index in [1.54, 1.807) is 0 Å². The van der Waals surface area contributed by atoms with Gasteiger partial charge in [-0.1, -0.05) is 31.2 Å². The highest BCUT2D eigenvalue weighted by molar-refractivity contribution is 5.56. The van der Waals surface area contributed by atoms with Crippen LogP contribution in [0.2, 0.25) is 0 Å². The fourth-order valence-corrected chi connectivity index (χ4v) is 2.45. The topological polar surface area (TPSA) is 29.3 Å². The second-order valence-corrected chi connectivity index (χ2v) is 5.00. The molecule has 110 valence electrons. The van der Waals surface area contributed by atoms with Gasteiger partial charge in [0, 0.05) is 30.4 Å². The minimum absolute atomic E-state index is 0.0270. The van der Waals surface area contributed by atoms with E-state index < -0.39 is 11.7 Å². The van der Waals surface area contributed by atoms with Crippen LogP contribution in [0.1, 0.15) is 31.4 Å². The smallest absolute Gasteiger partial charge is 0.367 e. The Kier molecular flexibility index (Phi) is 4.38. The monoisotopic (exact) mass is 284 g/mol. The van der Waals surface area contributed by atoms with Gasteiger partial charge >= 0.3 is 6.18 Å². The summed E-state index contributed by atoms with van der Waals surface area (Å²) in [5.74, 6) is 0. The SMILES string of the molecule is CCC(N)c1ccccc1N1CC=C(C(F)(F)F)CC1. The molecule has 5 heteroatoms. The summed E-state index contributed by atoms with van der Waals surface area (Å²) < 4.78 is 37.9. The third-order valence-electron chi connectivity index (χ3n) is 3.69. The summed E-state index contributed by atoms with van der Waals surface area (Å²) in [5.41, 5.74) is 7.59. The van der Waals surface area contributed by atoms with E-state index in [-0.39, 0.29) is 19.0 Å². The third kappa shape index (κ3) is 3.15. The average molecular weight is 284 g/mol. The molecule has 0 aromatic heterocycles. The Balaban J connectivity index is 2.21. The molecule has 0 aliphatic carbocycles. The quantitative estimate of drug-likeness (QED) is 0.856. The maximum absolute atomic E-state index is 12.6. The highest BCUT2D eigenvalue weighted by Crippen LogP contribution is 2.33. The van der Waals surface area contributed by atoms with E-state index in [2.05, 4.69) is 0 Å². The van der Waals surface area contributed by atoms with Crippen molar-refractivity contribution in [2.24, 2.45) is 5.73 Å². The zero-order valence-electron chi connectivity index (χ0n) is 11.5. The van der Waals surface area contributed by atoms with Crippen molar-refractivity contribution in [2.45, 2.75) is 32.0 Å². The molecule has 0 bridgehead atoms. The van der Waals surface area contributed by atoms with Crippen LogP contribution < -0.4 is 10.6 Å². The van der Waals surface area contributed by atoms with Gasteiger partial charge in [-0.2, -0.15) is 13.2 Å². The van der Waals surface area contributed by atoms with Crippen LogP contribution in [0.4, 0.5) is 18.9 Å². The first kappa shape index (κ1) is 14.9. The molecule has 0 saturated carbocycles. The summed E-state index contributed by atoms with van der Waals surface area (Å²) in [6, 6.07) is 7.60. The summed E-state index contributed by atoms with van der Waals surface area (Å²) in [4.78, 5) is 1.96. The number of rotatable bonds is 3. The Labute approximate surface area is 117 Å². The summed E-state index contributed by atoms with van der Waals surface area (Å²) in [6.07, 6.45) is -2.10. The summed E-state index contributed by atoms with van der Waals surface area (Å²) >= 11 is 0. The Morgan fingerprint density at radius 1 is 1.30 bits per heavy atom. The number of benzene rings is 1. The molecule has 20 heavy (non-hydrogen) atoms. The van der Waals surface area contributed by atoms with Gasteiger partial charge in [0.1, 0.15) is 0 Å². The van der Waals surface area contributed by atoms with E-state index in [0.717, 1.165) is 17.7 Å². The number of alkyl halides is 3. The maximum Gasteiger partial charge on any atom is 0.412 e. The normalized spacial score (nSPS) is 17.9. The largest absolute Gasteiger partial charge is 0.412 e.